The van der Waals surface area contributed by atoms with Crippen LogP contribution in [0.15, 0.2) is 29.1 Å². The third-order valence-electron chi connectivity index (χ3n) is 4.53. The van der Waals surface area contributed by atoms with Gasteiger partial charge in [-0.1, -0.05) is 38.4 Å². The summed E-state index contributed by atoms with van der Waals surface area (Å²) in [7, 11) is 0. The Morgan fingerprint density at radius 1 is 1.25 bits per heavy atom. The minimum absolute atomic E-state index is 0.121. The van der Waals surface area contributed by atoms with Gasteiger partial charge in [0, 0.05) is 17.1 Å². The zero-order valence-electron chi connectivity index (χ0n) is 14.0. The minimum Gasteiger partial charge on any atom is -0.507 e. The number of rotatable bonds is 2. The molecule has 0 saturated heterocycles. The molecule has 2 aromatic rings. The van der Waals surface area contributed by atoms with Crippen molar-refractivity contribution >= 4 is 17.4 Å². The van der Waals surface area contributed by atoms with Crippen LogP contribution in [0.2, 0.25) is 5.02 Å². The first-order valence-electron chi connectivity index (χ1n) is 8.04. The van der Waals surface area contributed by atoms with Crippen LogP contribution in [0.1, 0.15) is 48.8 Å². The van der Waals surface area contributed by atoms with Crippen molar-refractivity contribution in [3.63, 3.8) is 0 Å². The van der Waals surface area contributed by atoms with Crippen LogP contribution in [0.25, 0.3) is 5.69 Å². The highest BCUT2D eigenvalue weighted by atomic mass is 35.5. The molecule has 3 rings (SSSR count). The first-order chi connectivity index (χ1) is 11.2. The summed E-state index contributed by atoms with van der Waals surface area (Å²) in [6.07, 6.45) is 1.24. The van der Waals surface area contributed by atoms with Gasteiger partial charge >= 0.3 is 0 Å². The average Bonchev–Trinajstić information content (AvgIpc) is 2.45. The van der Waals surface area contributed by atoms with Crippen LogP contribution in [0.5, 0.6) is 5.75 Å². The van der Waals surface area contributed by atoms with Gasteiger partial charge in [-0.25, -0.2) is 0 Å². The molecule has 0 fully saturated rings. The molecule has 1 aromatic heterocycles. The van der Waals surface area contributed by atoms with Crippen LogP contribution in [0.4, 0.5) is 0 Å². The molecule has 1 N–H and O–H groups in total. The van der Waals surface area contributed by atoms with Crippen molar-refractivity contribution in [3.05, 3.63) is 56.5 Å². The van der Waals surface area contributed by atoms with Crippen LogP contribution in [-0.2, 0) is 12.8 Å². The van der Waals surface area contributed by atoms with Crippen molar-refractivity contribution in [1.29, 1.82) is 0 Å². The number of carbonyl (C=O) groups excluding carboxylic acids is 1. The lowest BCUT2D eigenvalue weighted by Crippen LogP contribution is -2.35. The predicted octanol–water partition coefficient (Wildman–Crippen LogP) is 3.91. The SMILES string of the molecule is CCc1c(O)c2c(n(-c3cccc(Cl)c3)c1=O)CC(C)(C)CC2=O. The molecule has 24 heavy (non-hydrogen) atoms. The quantitative estimate of drug-likeness (QED) is 0.897. The molecule has 0 saturated carbocycles. The Morgan fingerprint density at radius 3 is 2.58 bits per heavy atom. The highest BCUT2D eigenvalue weighted by Crippen LogP contribution is 2.39. The number of hydrogen-bond acceptors (Lipinski definition) is 3. The Bertz CT molecular complexity index is 896. The summed E-state index contributed by atoms with van der Waals surface area (Å²) in [5.41, 5.74) is 1.17. The number of benzene rings is 1. The van der Waals surface area contributed by atoms with E-state index in [0.717, 1.165) is 0 Å². The molecule has 0 atom stereocenters. The first-order valence-corrected chi connectivity index (χ1v) is 8.42. The summed E-state index contributed by atoms with van der Waals surface area (Å²) in [4.78, 5) is 25.6. The van der Waals surface area contributed by atoms with Crippen LogP contribution >= 0.6 is 11.6 Å². The summed E-state index contributed by atoms with van der Waals surface area (Å²) in [6, 6.07) is 6.99. The number of halogens is 1. The second-order valence-corrected chi connectivity index (χ2v) is 7.50. The van der Waals surface area contributed by atoms with E-state index in [-0.39, 0.29) is 33.6 Å². The van der Waals surface area contributed by atoms with Crippen molar-refractivity contribution < 1.29 is 9.90 Å². The fourth-order valence-corrected chi connectivity index (χ4v) is 3.65. The number of ketones is 1. The molecule has 126 valence electrons. The van der Waals surface area contributed by atoms with Crippen molar-refractivity contribution in [1.82, 2.24) is 4.57 Å². The Labute approximate surface area is 145 Å². The number of pyridine rings is 1. The van der Waals surface area contributed by atoms with E-state index in [2.05, 4.69) is 0 Å². The Balaban J connectivity index is 2.43. The van der Waals surface area contributed by atoms with Crippen LogP contribution in [0.3, 0.4) is 0 Å². The maximum atomic E-state index is 13.0. The Hall–Kier alpha value is -2.07. The third kappa shape index (κ3) is 2.65. The summed E-state index contributed by atoms with van der Waals surface area (Å²) in [5.74, 6) is -0.277. The van der Waals surface area contributed by atoms with Gasteiger partial charge in [0.2, 0.25) is 0 Å². The largest absolute Gasteiger partial charge is 0.507 e. The van der Waals surface area contributed by atoms with E-state index in [1.807, 2.05) is 13.8 Å². The molecule has 1 aliphatic rings. The predicted molar refractivity (Wildman–Crippen MR) is 94.5 cm³/mol. The highest BCUT2D eigenvalue weighted by Gasteiger charge is 2.36. The number of aromatic nitrogens is 1. The fraction of sp³-hybridized carbons (Fsp3) is 0.368. The molecular formula is C19H20ClNO3. The smallest absolute Gasteiger partial charge is 0.262 e. The second-order valence-electron chi connectivity index (χ2n) is 7.06. The lowest BCUT2D eigenvalue weighted by atomic mass is 9.75. The Kier molecular flexibility index (Phi) is 4.04. The molecule has 5 heteroatoms. The summed E-state index contributed by atoms with van der Waals surface area (Å²) < 4.78 is 1.54. The lowest BCUT2D eigenvalue weighted by Gasteiger charge is -2.33. The Morgan fingerprint density at radius 2 is 1.96 bits per heavy atom. The first kappa shape index (κ1) is 16.8. The molecule has 4 nitrogen and oxygen atoms in total. The van der Waals surface area contributed by atoms with Gasteiger partial charge in [0.15, 0.2) is 5.78 Å². The fourth-order valence-electron chi connectivity index (χ4n) is 3.46. The van der Waals surface area contributed by atoms with E-state index in [0.29, 0.717) is 35.7 Å². The van der Waals surface area contributed by atoms with Crippen LogP contribution in [0, 0.1) is 5.41 Å². The summed E-state index contributed by atoms with van der Waals surface area (Å²) in [5, 5.41) is 11.0. The average molecular weight is 346 g/mol. The topological polar surface area (TPSA) is 59.3 Å². The van der Waals surface area contributed by atoms with E-state index in [9.17, 15) is 14.7 Å². The van der Waals surface area contributed by atoms with E-state index in [1.165, 1.54) is 0 Å². The van der Waals surface area contributed by atoms with Gasteiger partial charge in [0.25, 0.3) is 5.56 Å². The van der Waals surface area contributed by atoms with Crippen LogP contribution < -0.4 is 5.56 Å². The van der Waals surface area contributed by atoms with Gasteiger partial charge in [0.05, 0.1) is 16.8 Å². The van der Waals surface area contributed by atoms with Gasteiger partial charge in [-0.05, 0) is 36.5 Å². The summed E-state index contributed by atoms with van der Waals surface area (Å²) in [6.45, 7) is 5.78. The van der Waals surface area contributed by atoms with Crippen molar-refractivity contribution in [2.45, 2.75) is 40.0 Å². The molecule has 1 aliphatic carbocycles. The van der Waals surface area contributed by atoms with E-state index in [1.54, 1.807) is 35.8 Å². The maximum absolute atomic E-state index is 13.0. The zero-order chi connectivity index (χ0) is 17.6. The number of hydrogen-bond donors (Lipinski definition) is 1. The van der Waals surface area contributed by atoms with Gasteiger partial charge < -0.3 is 5.11 Å². The van der Waals surface area contributed by atoms with E-state index in [4.69, 9.17) is 11.6 Å². The lowest BCUT2D eigenvalue weighted by molar-refractivity contribution is 0.0905. The molecule has 0 aliphatic heterocycles. The number of nitrogens with zero attached hydrogens (tertiary/aromatic N) is 1. The second kappa shape index (κ2) is 5.78. The van der Waals surface area contributed by atoms with Crippen molar-refractivity contribution in [3.8, 4) is 11.4 Å². The molecule has 0 amide bonds. The zero-order valence-corrected chi connectivity index (χ0v) is 14.8. The molecule has 1 heterocycles. The standard InChI is InChI=1S/C19H20ClNO3/c1-4-13-17(23)16-14(9-19(2,3)10-15(16)22)21(18(13)24)12-7-5-6-11(20)8-12/h5-8,23H,4,9-10H2,1-3H3. The molecule has 0 bridgehead atoms. The van der Waals surface area contributed by atoms with Gasteiger partial charge in [-0.15, -0.1) is 0 Å². The van der Waals surface area contributed by atoms with E-state index < -0.39 is 0 Å². The molecule has 0 radical (unpaired) electrons. The van der Waals surface area contributed by atoms with Crippen molar-refractivity contribution in [2.75, 3.05) is 0 Å². The maximum Gasteiger partial charge on any atom is 0.262 e. The number of aromatic hydroxyl groups is 1. The van der Waals surface area contributed by atoms with E-state index >= 15 is 0 Å². The monoisotopic (exact) mass is 345 g/mol. The van der Waals surface area contributed by atoms with Gasteiger partial charge in [-0.2, -0.15) is 0 Å². The molecule has 1 aromatic carbocycles. The van der Waals surface area contributed by atoms with Crippen molar-refractivity contribution in [2.24, 2.45) is 5.41 Å². The highest BCUT2D eigenvalue weighted by molar-refractivity contribution is 6.30. The van der Waals surface area contributed by atoms with Crippen LogP contribution in [-0.4, -0.2) is 15.5 Å². The normalized spacial score (nSPS) is 16.1. The van der Waals surface area contributed by atoms with Gasteiger partial charge in [0.1, 0.15) is 5.75 Å². The number of fused-ring (bicyclic) bond motifs is 1. The third-order valence-corrected chi connectivity index (χ3v) is 4.76. The molecular weight excluding hydrogens is 326 g/mol. The van der Waals surface area contributed by atoms with Gasteiger partial charge in [-0.3, -0.25) is 14.2 Å². The number of carbonyl (C=O) groups is 1. The molecule has 0 spiro atoms. The minimum atomic E-state index is -0.290. The summed E-state index contributed by atoms with van der Waals surface area (Å²) >= 11 is 6.09. The molecule has 0 unspecified atom stereocenters. The number of Topliss-reactive ketones (excluding diaryl/α,β-unsaturated/α-hetero) is 1.